The summed E-state index contributed by atoms with van der Waals surface area (Å²) in [7, 11) is 0. The summed E-state index contributed by atoms with van der Waals surface area (Å²) >= 11 is 1.33. The van der Waals surface area contributed by atoms with Crippen LogP contribution in [0.3, 0.4) is 0 Å². The Bertz CT molecular complexity index is 957. The zero-order valence-corrected chi connectivity index (χ0v) is 15.7. The van der Waals surface area contributed by atoms with Gasteiger partial charge in [0.25, 0.3) is 0 Å². The van der Waals surface area contributed by atoms with Crippen LogP contribution in [0.25, 0.3) is 11.0 Å². The summed E-state index contributed by atoms with van der Waals surface area (Å²) in [4.78, 5) is 26.4. The number of anilines is 2. The van der Waals surface area contributed by atoms with Crippen LogP contribution in [-0.4, -0.2) is 55.2 Å². The average Bonchev–Trinajstić information content (AvgIpc) is 3.37. The Hall–Kier alpha value is -2.75. The van der Waals surface area contributed by atoms with Gasteiger partial charge in [0.05, 0.1) is 5.39 Å². The van der Waals surface area contributed by atoms with Gasteiger partial charge in [-0.3, -0.25) is 5.32 Å². The van der Waals surface area contributed by atoms with E-state index < -0.39 is 0 Å². The molecule has 3 aromatic rings. The van der Waals surface area contributed by atoms with Crippen molar-refractivity contribution in [3.63, 3.8) is 0 Å². The Labute approximate surface area is 159 Å². The Morgan fingerprint density at radius 1 is 1.30 bits per heavy atom. The predicted octanol–water partition coefficient (Wildman–Crippen LogP) is 2.47. The average molecular weight is 384 g/mol. The number of H-pyrrole nitrogens is 1. The minimum Gasteiger partial charge on any atom is -0.367 e. The Kier molecular flexibility index (Phi) is 3.92. The number of urea groups is 1. The van der Waals surface area contributed by atoms with Gasteiger partial charge in [-0.15, -0.1) is 10.2 Å². The van der Waals surface area contributed by atoms with E-state index in [0.29, 0.717) is 23.0 Å². The molecule has 3 aromatic heterocycles. The quantitative estimate of drug-likeness (QED) is 0.640. The molecule has 0 spiro atoms. The van der Waals surface area contributed by atoms with Gasteiger partial charge in [-0.1, -0.05) is 11.3 Å². The fraction of sp³-hybridized carbons (Fsp3) is 0.471. The van der Waals surface area contributed by atoms with Gasteiger partial charge in [-0.05, 0) is 37.7 Å². The van der Waals surface area contributed by atoms with Gasteiger partial charge in [-0.25, -0.2) is 14.8 Å². The lowest BCUT2D eigenvalue weighted by Gasteiger charge is -2.20. The van der Waals surface area contributed by atoms with Crippen molar-refractivity contribution < 1.29 is 4.79 Å². The van der Waals surface area contributed by atoms with Gasteiger partial charge >= 0.3 is 6.03 Å². The van der Waals surface area contributed by atoms with E-state index in [2.05, 4.69) is 35.8 Å². The molecule has 3 atom stereocenters. The van der Waals surface area contributed by atoms with Gasteiger partial charge in [-0.2, -0.15) is 0 Å². The smallest absolute Gasteiger partial charge is 0.323 e. The lowest BCUT2D eigenvalue weighted by molar-refractivity contribution is 0.218. The van der Waals surface area contributed by atoms with E-state index in [4.69, 9.17) is 0 Å². The number of hydrogen-bond acceptors (Lipinski definition) is 7. The first-order valence-electron chi connectivity index (χ1n) is 9.06. The van der Waals surface area contributed by atoms with Gasteiger partial charge in [0.15, 0.2) is 0 Å². The third-order valence-electron chi connectivity index (χ3n) is 5.48. The van der Waals surface area contributed by atoms with E-state index in [1.54, 1.807) is 5.51 Å². The Morgan fingerprint density at radius 2 is 2.11 bits per heavy atom. The standard InChI is InChI=1S/C17H20N8OS/c1-9-20-14-13(2-3-18-14)15(21-9)22-12-4-10-6-25(7-11(10)5-12)17(26)23-16-24-19-8-27-16/h2-3,8,10-12H,4-7H2,1H3,(H,23,24,26)(H2,18,20,21,22)/t10-,11+,12-. The first-order chi connectivity index (χ1) is 13.2. The molecule has 27 heavy (non-hydrogen) atoms. The highest BCUT2D eigenvalue weighted by atomic mass is 32.1. The van der Waals surface area contributed by atoms with E-state index >= 15 is 0 Å². The molecule has 0 bridgehead atoms. The van der Waals surface area contributed by atoms with Gasteiger partial charge < -0.3 is 15.2 Å². The van der Waals surface area contributed by atoms with Crippen molar-refractivity contribution in [2.24, 2.45) is 11.8 Å². The first kappa shape index (κ1) is 16.4. The summed E-state index contributed by atoms with van der Waals surface area (Å²) in [6, 6.07) is 2.30. The number of rotatable bonds is 3. The zero-order valence-electron chi connectivity index (χ0n) is 14.8. The number of amides is 2. The first-order valence-corrected chi connectivity index (χ1v) is 9.94. The molecule has 0 unspecified atom stereocenters. The van der Waals surface area contributed by atoms with Crippen LogP contribution >= 0.6 is 11.3 Å². The molecule has 1 saturated carbocycles. The summed E-state index contributed by atoms with van der Waals surface area (Å²) in [6.07, 6.45) is 3.98. The minimum atomic E-state index is -0.0777. The van der Waals surface area contributed by atoms with Crippen LogP contribution in [0.1, 0.15) is 18.7 Å². The molecule has 1 saturated heterocycles. The lowest BCUT2D eigenvalue weighted by atomic mass is 10.0. The highest BCUT2D eigenvalue weighted by Gasteiger charge is 2.42. The molecular formula is C17H20N8OS. The van der Waals surface area contributed by atoms with Crippen molar-refractivity contribution >= 4 is 39.4 Å². The van der Waals surface area contributed by atoms with Crippen molar-refractivity contribution in [1.82, 2.24) is 30.0 Å². The summed E-state index contributed by atoms with van der Waals surface area (Å²) in [5, 5.41) is 15.6. The van der Waals surface area contributed by atoms with Crippen LogP contribution in [-0.2, 0) is 0 Å². The van der Waals surface area contributed by atoms with E-state index in [9.17, 15) is 4.79 Å². The molecule has 10 heteroatoms. The highest BCUT2D eigenvalue weighted by molar-refractivity contribution is 7.13. The molecule has 9 nitrogen and oxygen atoms in total. The second-order valence-corrected chi connectivity index (χ2v) is 8.10. The molecule has 2 aliphatic rings. The molecule has 5 rings (SSSR count). The molecule has 2 fully saturated rings. The van der Waals surface area contributed by atoms with Gasteiger partial charge in [0, 0.05) is 25.3 Å². The summed E-state index contributed by atoms with van der Waals surface area (Å²) in [5.41, 5.74) is 2.48. The summed E-state index contributed by atoms with van der Waals surface area (Å²) in [6.45, 7) is 3.48. The summed E-state index contributed by atoms with van der Waals surface area (Å²) < 4.78 is 0. The molecule has 0 radical (unpaired) electrons. The maximum atomic E-state index is 12.4. The second-order valence-electron chi connectivity index (χ2n) is 7.27. The maximum absolute atomic E-state index is 12.4. The van der Waals surface area contributed by atoms with Crippen molar-refractivity contribution in [3.8, 4) is 0 Å². The number of aromatic amines is 1. The number of likely N-dealkylation sites (tertiary alicyclic amines) is 1. The third kappa shape index (κ3) is 3.09. The van der Waals surface area contributed by atoms with Crippen molar-refractivity contribution in [3.05, 3.63) is 23.6 Å². The number of nitrogens with one attached hydrogen (secondary N) is 3. The van der Waals surface area contributed by atoms with Crippen molar-refractivity contribution in [2.45, 2.75) is 25.8 Å². The summed E-state index contributed by atoms with van der Waals surface area (Å²) in [5.74, 6) is 2.69. The van der Waals surface area contributed by atoms with Crippen molar-refractivity contribution in [1.29, 1.82) is 0 Å². The fourth-order valence-corrected chi connectivity index (χ4v) is 4.77. The maximum Gasteiger partial charge on any atom is 0.323 e. The minimum absolute atomic E-state index is 0.0777. The topological polar surface area (TPSA) is 112 Å². The highest BCUT2D eigenvalue weighted by Crippen LogP contribution is 2.39. The lowest BCUT2D eigenvalue weighted by Crippen LogP contribution is -2.34. The van der Waals surface area contributed by atoms with Gasteiger partial charge in [0.1, 0.15) is 22.8 Å². The normalized spacial score (nSPS) is 24.3. The predicted molar refractivity (Wildman–Crippen MR) is 103 cm³/mol. The van der Waals surface area contributed by atoms with Crippen LogP contribution in [0.5, 0.6) is 0 Å². The van der Waals surface area contributed by atoms with Crippen LogP contribution in [0.4, 0.5) is 15.7 Å². The molecule has 4 heterocycles. The number of aryl methyl sites for hydroxylation is 1. The number of nitrogens with zero attached hydrogens (tertiary/aromatic N) is 5. The van der Waals surface area contributed by atoms with Crippen LogP contribution in [0, 0.1) is 18.8 Å². The van der Waals surface area contributed by atoms with Crippen LogP contribution < -0.4 is 10.6 Å². The fourth-order valence-electron chi connectivity index (χ4n) is 4.34. The van der Waals surface area contributed by atoms with Crippen molar-refractivity contribution in [2.75, 3.05) is 23.7 Å². The largest absolute Gasteiger partial charge is 0.367 e. The molecular weight excluding hydrogens is 364 g/mol. The number of fused-ring (bicyclic) bond motifs is 2. The number of hydrogen-bond donors (Lipinski definition) is 3. The SMILES string of the molecule is Cc1nc(N[C@@H]2C[C@@H]3CN(C(=O)Nc4nncs4)C[C@@H]3C2)c2cc[nH]c2n1. The number of carbonyl (C=O) groups is 1. The molecule has 1 aliphatic carbocycles. The molecule has 2 amide bonds. The van der Waals surface area contributed by atoms with Gasteiger partial charge in [0.2, 0.25) is 5.13 Å². The van der Waals surface area contributed by atoms with E-state index in [1.165, 1.54) is 11.3 Å². The Balaban J connectivity index is 1.22. The Morgan fingerprint density at radius 3 is 2.85 bits per heavy atom. The molecule has 140 valence electrons. The molecule has 0 aromatic carbocycles. The van der Waals surface area contributed by atoms with E-state index in [-0.39, 0.29) is 6.03 Å². The number of carbonyl (C=O) groups excluding carboxylic acids is 1. The third-order valence-corrected chi connectivity index (χ3v) is 6.09. The van der Waals surface area contributed by atoms with Crippen LogP contribution in [0.2, 0.25) is 0 Å². The zero-order chi connectivity index (χ0) is 18.4. The molecule has 1 aliphatic heterocycles. The molecule has 3 N–H and O–H groups in total. The monoisotopic (exact) mass is 384 g/mol. The number of aromatic nitrogens is 5. The van der Waals surface area contributed by atoms with E-state index in [0.717, 1.165) is 48.6 Å². The van der Waals surface area contributed by atoms with Crippen LogP contribution in [0.15, 0.2) is 17.8 Å². The second kappa shape index (κ2) is 6.45. The van der Waals surface area contributed by atoms with E-state index in [1.807, 2.05) is 24.1 Å².